The molecular formula is C12H16F3N3O2. The van der Waals surface area contributed by atoms with Gasteiger partial charge >= 0.3 is 11.9 Å². The van der Waals surface area contributed by atoms with E-state index in [1.165, 1.54) is 25.2 Å². The van der Waals surface area contributed by atoms with Gasteiger partial charge in [0.2, 0.25) is 0 Å². The number of nitrogens with zero attached hydrogens (tertiary/aromatic N) is 2. The van der Waals surface area contributed by atoms with Crippen molar-refractivity contribution in [3.8, 4) is 0 Å². The number of nitro benzene ring substituents is 1. The Bertz CT molecular complexity index is 478. The standard InChI is InChI=1S/C12H16F3N3O2/c1-3-7-17(8-12(13,14)15)10-6-4-5-9(16-2)11(10)18(19)20/h4-6,16H,3,7-8H2,1-2H3. The van der Waals surface area contributed by atoms with E-state index in [0.29, 0.717) is 6.42 Å². The van der Waals surface area contributed by atoms with Crippen LogP contribution in [0.4, 0.5) is 30.2 Å². The lowest BCUT2D eigenvalue weighted by molar-refractivity contribution is -0.383. The van der Waals surface area contributed by atoms with Crippen molar-refractivity contribution in [2.45, 2.75) is 19.5 Å². The van der Waals surface area contributed by atoms with Crippen LogP contribution in [0.5, 0.6) is 0 Å². The molecule has 1 aromatic carbocycles. The summed E-state index contributed by atoms with van der Waals surface area (Å²) < 4.78 is 37.8. The van der Waals surface area contributed by atoms with Crippen LogP contribution in [0.3, 0.4) is 0 Å². The number of nitrogens with one attached hydrogen (secondary N) is 1. The third kappa shape index (κ3) is 4.01. The van der Waals surface area contributed by atoms with Crippen molar-refractivity contribution >= 4 is 17.1 Å². The van der Waals surface area contributed by atoms with Crippen molar-refractivity contribution in [3.05, 3.63) is 28.3 Å². The zero-order valence-electron chi connectivity index (χ0n) is 11.2. The van der Waals surface area contributed by atoms with Gasteiger partial charge in [0.25, 0.3) is 0 Å². The molecule has 0 heterocycles. The Kier molecular flexibility index (Phi) is 5.18. The summed E-state index contributed by atoms with van der Waals surface area (Å²) >= 11 is 0. The van der Waals surface area contributed by atoms with Crippen LogP contribution in [0.25, 0.3) is 0 Å². The lowest BCUT2D eigenvalue weighted by atomic mass is 10.2. The van der Waals surface area contributed by atoms with Gasteiger partial charge < -0.3 is 10.2 Å². The molecule has 0 fully saturated rings. The van der Waals surface area contributed by atoms with Crippen LogP contribution in [0, 0.1) is 10.1 Å². The number of halogens is 3. The summed E-state index contributed by atoms with van der Waals surface area (Å²) in [5.41, 5.74) is -0.176. The predicted molar refractivity (Wildman–Crippen MR) is 71.2 cm³/mol. The number of para-hydroxylation sites is 1. The van der Waals surface area contributed by atoms with E-state index >= 15 is 0 Å². The van der Waals surface area contributed by atoms with Crippen molar-refractivity contribution in [1.82, 2.24) is 0 Å². The third-order valence-electron chi connectivity index (χ3n) is 2.67. The molecule has 1 aromatic rings. The fraction of sp³-hybridized carbons (Fsp3) is 0.500. The first-order valence-electron chi connectivity index (χ1n) is 6.07. The zero-order valence-corrected chi connectivity index (χ0v) is 11.2. The van der Waals surface area contributed by atoms with Crippen molar-refractivity contribution < 1.29 is 18.1 Å². The maximum absolute atomic E-state index is 12.6. The molecule has 0 aromatic heterocycles. The quantitative estimate of drug-likeness (QED) is 0.644. The topological polar surface area (TPSA) is 58.4 Å². The minimum atomic E-state index is -4.42. The van der Waals surface area contributed by atoms with Gasteiger partial charge in [0.05, 0.1) is 4.92 Å². The zero-order chi connectivity index (χ0) is 15.3. The van der Waals surface area contributed by atoms with Gasteiger partial charge in [-0.05, 0) is 18.6 Å². The molecule has 0 saturated carbocycles. The largest absolute Gasteiger partial charge is 0.405 e. The van der Waals surface area contributed by atoms with Crippen molar-refractivity contribution in [1.29, 1.82) is 0 Å². The average molecular weight is 291 g/mol. The van der Waals surface area contributed by atoms with Crippen molar-refractivity contribution in [3.63, 3.8) is 0 Å². The highest BCUT2D eigenvalue weighted by molar-refractivity contribution is 5.77. The molecule has 0 amide bonds. The molecule has 1 rings (SSSR count). The van der Waals surface area contributed by atoms with E-state index in [9.17, 15) is 23.3 Å². The Morgan fingerprint density at radius 3 is 2.50 bits per heavy atom. The molecular weight excluding hydrogens is 275 g/mol. The average Bonchev–Trinajstić information content (AvgIpc) is 2.35. The summed E-state index contributed by atoms with van der Waals surface area (Å²) in [6.07, 6.45) is -3.96. The fourth-order valence-electron chi connectivity index (χ4n) is 1.95. The van der Waals surface area contributed by atoms with E-state index in [-0.39, 0.29) is 23.6 Å². The molecule has 0 aliphatic heterocycles. The summed E-state index contributed by atoms with van der Waals surface area (Å²) in [5.74, 6) is 0. The Balaban J connectivity index is 3.28. The molecule has 0 atom stereocenters. The Labute approximate surface area is 114 Å². The van der Waals surface area contributed by atoms with E-state index < -0.39 is 17.6 Å². The first kappa shape index (κ1) is 16.1. The maximum atomic E-state index is 12.6. The lowest BCUT2D eigenvalue weighted by Gasteiger charge is -2.25. The minimum Gasteiger partial charge on any atom is -0.382 e. The van der Waals surface area contributed by atoms with Gasteiger partial charge in [0, 0.05) is 13.6 Å². The SMILES string of the molecule is CCCN(CC(F)(F)F)c1cccc(NC)c1[N+](=O)[O-]. The van der Waals surface area contributed by atoms with Crippen LogP contribution in [-0.4, -0.2) is 31.2 Å². The van der Waals surface area contributed by atoms with Crippen LogP contribution in [-0.2, 0) is 0 Å². The fourth-order valence-corrected chi connectivity index (χ4v) is 1.95. The lowest BCUT2D eigenvalue weighted by Crippen LogP contribution is -2.35. The van der Waals surface area contributed by atoms with Crippen molar-refractivity contribution in [2.24, 2.45) is 0 Å². The molecule has 0 aliphatic rings. The van der Waals surface area contributed by atoms with Gasteiger partial charge in [0.15, 0.2) is 0 Å². The van der Waals surface area contributed by atoms with Gasteiger partial charge in [-0.15, -0.1) is 0 Å². The number of anilines is 2. The van der Waals surface area contributed by atoms with E-state index in [1.54, 1.807) is 6.92 Å². The Morgan fingerprint density at radius 2 is 2.05 bits per heavy atom. The molecule has 5 nitrogen and oxygen atoms in total. The summed E-state index contributed by atoms with van der Waals surface area (Å²) in [6.45, 7) is 0.597. The van der Waals surface area contributed by atoms with Gasteiger partial charge in [0.1, 0.15) is 17.9 Å². The van der Waals surface area contributed by atoms with Crippen LogP contribution >= 0.6 is 0 Å². The van der Waals surface area contributed by atoms with Gasteiger partial charge in [-0.25, -0.2) is 0 Å². The second kappa shape index (κ2) is 6.44. The molecule has 0 radical (unpaired) electrons. The molecule has 20 heavy (non-hydrogen) atoms. The van der Waals surface area contributed by atoms with Crippen molar-refractivity contribution in [2.75, 3.05) is 30.4 Å². The third-order valence-corrected chi connectivity index (χ3v) is 2.67. The van der Waals surface area contributed by atoms with E-state index in [0.717, 1.165) is 4.90 Å². The van der Waals surface area contributed by atoms with E-state index in [1.807, 2.05) is 0 Å². The maximum Gasteiger partial charge on any atom is 0.405 e. The number of hydrogen-bond donors (Lipinski definition) is 1. The molecule has 112 valence electrons. The number of nitro groups is 1. The highest BCUT2D eigenvalue weighted by atomic mass is 19.4. The van der Waals surface area contributed by atoms with E-state index in [2.05, 4.69) is 5.32 Å². The minimum absolute atomic E-state index is 0.0268. The molecule has 0 aliphatic carbocycles. The summed E-state index contributed by atoms with van der Waals surface area (Å²) in [5, 5.41) is 13.8. The van der Waals surface area contributed by atoms with Crippen LogP contribution < -0.4 is 10.2 Å². The Hall–Kier alpha value is -1.99. The first-order chi connectivity index (χ1) is 9.30. The number of alkyl halides is 3. The summed E-state index contributed by atoms with van der Waals surface area (Å²) in [6, 6.07) is 4.28. The summed E-state index contributed by atoms with van der Waals surface area (Å²) in [4.78, 5) is 11.5. The molecule has 0 bridgehead atoms. The van der Waals surface area contributed by atoms with Gasteiger partial charge in [-0.2, -0.15) is 13.2 Å². The smallest absolute Gasteiger partial charge is 0.382 e. The monoisotopic (exact) mass is 291 g/mol. The predicted octanol–water partition coefficient (Wildman–Crippen LogP) is 3.42. The molecule has 1 N–H and O–H groups in total. The number of hydrogen-bond acceptors (Lipinski definition) is 4. The second-order valence-electron chi connectivity index (χ2n) is 4.22. The number of rotatable bonds is 6. The molecule has 0 spiro atoms. The summed E-state index contributed by atoms with van der Waals surface area (Å²) in [7, 11) is 1.49. The highest BCUT2D eigenvalue weighted by Gasteiger charge is 2.33. The molecule has 8 heteroatoms. The van der Waals surface area contributed by atoms with Crippen LogP contribution in [0.1, 0.15) is 13.3 Å². The van der Waals surface area contributed by atoms with Crippen LogP contribution in [0.2, 0.25) is 0 Å². The number of benzene rings is 1. The normalized spacial score (nSPS) is 11.2. The van der Waals surface area contributed by atoms with E-state index in [4.69, 9.17) is 0 Å². The Morgan fingerprint density at radius 1 is 1.40 bits per heavy atom. The molecule has 0 saturated heterocycles. The van der Waals surface area contributed by atoms with Gasteiger partial charge in [-0.1, -0.05) is 13.0 Å². The van der Waals surface area contributed by atoms with Crippen LogP contribution in [0.15, 0.2) is 18.2 Å². The highest BCUT2D eigenvalue weighted by Crippen LogP contribution is 2.36. The molecule has 0 unspecified atom stereocenters. The first-order valence-corrected chi connectivity index (χ1v) is 6.07. The van der Waals surface area contributed by atoms with Gasteiger partial charge in [-0.3, -0.25) is 10.1 Å². The second-order valence-corrected chi connectivity index (χ2v) is 4.22.